The summed E-state index contributed by atoms with van der Waals surface area (Å²) >= 11 is 0. The lowest BCUT2D eigenvalue weighted by Crippen LogP contribution is -2.17. The van der Waals surface area contributed by atoms with Crippen molar-refractivity contribution in [3.05, 3.63) is 24.2 Å². The summed E-state index contributed by atoms with van der Waals surface area (Å²) in [6.07, 6.45) is 5.74. The van der Waals surface area contributed by atoms with Crippen LogP contribution in [0, 0.1) is 0 Å². The van der Waals surface area contributed by atoms with Crippen LogP contribution in [0.1, 0.15) is 23.7 Å². The molecule has 0 aliphatic heterocycles. The molecule has 0 radical (unpaired) electrons. The van der Waals surface area contributed by atoms with Crippen molar-refractivity contribution < 1.29 is 9.90 Å². The van der Waals surface area contributed by atoms with Crippen LogP contribution in [0.25, 0.3) is 27.6 Å². The van der Waals surface area contributed by atoms with Crippen LogP contribution in [0.2, 0.25) is 0 Å². The summed E-state index contributed by atoms with van der Waals surface area (Å²) in [6.45, 7) is 4.32. The highest BCUT2D eigenvalue weighted by Crippen LogP contribution is 2.29. The lowest BCUT2D eigenvalue weighted by atomic mass is 10.2. The van der Waals surface area contributed by atoms with Gasteiger partial charge in [-0.15, -0.1) is 0 Å². The van der Waals surface area contributed by atoms with Gasteiger partial charge in [0.05, 0.1) is 28.7 Å². The standard InChI is InChI=1S/C18H22N8O2/c1-4-25-16-12(9-21-25)14-11(8-20-16)15(19-6-5-7-24(2)3)23-17-13(18(27)28)10-22-26(14)17/h8-10H,4-7H2,1-3H3,(H,19,23)(H,27,28). The molecule has 10 nitrogen and oxygen atoms in total. The van der Waals surface area contributed by atoms with Crippen LogP contribution in [0.15, 0.2) is 18.6 Å². The molecule has 0 bridgehead atoms. The average Bonchev–Trinajstić information content (AvgIpc) is 3.28. The van der Waals surface area contributed by atoms with E-state index in [1.807, 2.05) is 21.0 Å². The maximum absolute atomic E-state index is 11.6. The van der Waals surface area contributed by atoms with Crippen molar-refractivity contribution in [2.75, 3.05) is 32.5 Å². The van der Waals surface area contributed by atoms with Gasteiger partial charge in [0.15, 0.2) is 11.3 Å². The number of carbonyl (C=O) groups is 1. The highest BCUT2D eigenvalue weighted by Gasteiger charge is 2.20. The smallest absolute Gasteiger partial charge is 0.341 e. The van der Waals surface area contributed by atoms with E-state index in [-0.39, 0.29) is 5.56 Å². The third-order valence-corrected chi connectivity index (χ3v) is 4.67. The Balaban J connectivity index is 1.93. The van der Waals surface area contributed by atoms with Gasteiger partial charge < -0.3 is 15.3 Å². The molecular formula is C18H22N8O2. The molecule has 0 atom stereocenters. The molecule has 4 aromatic heterocycles. The van der Waals surface area contributed by atoms with Gasteiger partial charge in [0.2, 0.25) is 0 Å². The van der Waals surface area contributed by atoms with Crippen LogP contribution in [-0.4, -0.2) is 72.5 Å². The summed E-state index contributed by atoms with van der Waals surface area (Å²) in [5, 5.41) is 23.1. The predicted molar refractivity (Wildman–Crippen MR) is 106 cm³/mol. The third kappa shape index (κ3) is 2.91. The molecule has 0 saturated heterocycles. The lowest BCUT2D eigenvalue weighted by molar-refractivity contribution is 0.0699. The first-order chi connectivity index (χ1) is 13.5. The fourth-order valence-electron chi connectivity index (χ4n) is 3.31. The maximum Gasteiger partial charge on any atom is 0.341 e. The second kappa shape index (κ2) is 7.04. The molecule has 0 saturated carbocycles. The highest BCUT2D eigenvalue weighted by molar-refractivity contribution is 6.08. The monoisotopic (exact) mass is 382 g/mol. The van der Waals surface area contributed by atoms with E-state index >= 15 is 0 Å². The molecule has 4 heterocycles. The Morgan fingerprint density at radius 1 is 1.18 bits per heavy atom. The van der Waals surface area contributed by atoms with E-state index in [9.17, 15) is 9.90 Å². The quantitative estimate of drug-likeness (QED) is 0.465. The van der Waals surface area contributed by atoms with E-state index in [0.29, 0.717) is 24.6 Å². The molecule has 4 rings (SSSR count). The molecule has 28 heavy (non-hydrogen) atoms. The van der Waals surface area contributed by atoms with Crippen LogP contribution in [0.3, 0.4) is 0 Å². The van der Waals surface area contributed by atoms with Crippen LogP contribution < -0.4 is 5.32 Å². The Kier molecular flexibility index (Phi) is 4.55. The molecule has 10 heteroatoms. The van der Waals surface area contributed by atoms with Gasteiger partial charge in [-0.3, -0.25) is 0 Å². The second-order valence-electron chi connectivity index (χ2n) is 6.86. The number of carboxylic acid groups (broad SMARTS) is 1. The van der Waals surface area contributed by atoms with E-state index in [4.69, 9.17) is 0 Å². The summed E-state index contributed by atoms with van der Waals surface area (Å²) in [4.78, 5) is 22.9. The number of anilines is 1. The zero-order valence-corrected chi connectivity index (χ0v) is 16.0. The van der Waals surface area contributed by atoms with Crippen LogP contribution in [-0.2, 0) is 6.54 Å². The van der Waals surface area contributed by atoms with E-state index in [1.54, 1.807) is 21.6 Å². The number of pyridine rings is 1. The number of carboxylic acids is 1. The van der Waals surface area contributed by atoms with E-state index in [2.05, 4.69) is 30.4 Å². The molecule has 2 N–H and O–H groups in total. The number of rotatable bonds is 7. The fourth-order valence-corrected chi connectivity index (χ4v) is 3.31. The first kappa shape index (κ1) is 18.1. The minimum Gasteiger partial charge on any atom is -0.477 e. The molecular weight excluding hydrogens is 360 g/mol. The predicted octanol–water partition coefficient (Wildman–Crippen LogP) is 1.71. The minimum atomic E-state index is -1.06. The summed E-state index contributed by atoms with van der Waals surface area (Å²) in [7, 11) is 4.05. The zero-order valence-electron chi connectivity index (χ0n) is 16.0. The van der Waals surface area contributed by atoms with Gasteiger partial charge in [-0.25, -0.2) is 24.0 Å². The van der Waals surface area contributed by atoms with Crippen molar-refractivity contribution in [1.29, 1.82) is 0 Å². The van der Waals surface area contributed by atoms with Crippen molar-refractivity contribution in [2.24, 2.45) is 0 Å². The van der Waals surface area contributed by atoms with E-state index in [1.165, 1.54) is 6.20 Å². The first-order valence-electron chi connectivity index (χ1n) is 9.15. The molecule has 4 aromatic rings. The number of fused-ring (bicyclic) bond motifs is 5. The summed E-state index contributed by atoms with van der Waals surface area (Å²) < 4.78 is 3.36. The average molecular weight is 382 g/mol. The first-order valence-corrected chi connectivity index (χ1v) is 9.15. The van der Waals surface area contributed by atoms with Gasteiger partial charge in [0.25, 0.3) is 0 Å². The Bertz CT molecular complexity index is 1180. The largest absolute Gasteiger partial charge is 0.477 e. The molecule has 0 aliphatic carbocycles. The van der Waals surface area contributed by atoms with Crippen molar-refractivity contribution in [3.8, 4) is 0 Å². The SMILES string of the molecule is CCn1ncc2c1ncc1c(NCCCN(C)C)nc3c(C(=O)O)cnn3c12. The number of hydrogen-bond donors (Lipinski definition) is 2. The van der Waals surface area contributed by atoms with Gasteiger partial charge in [-0.05, 0) is 34.0 Å². The molecule has 0 aliphatic rings. The van der Waals surface area contributed by atoms with E-state index in [0.717, 1.165) is 34.9 Å². The van der Waals surface area contributed by atoms with Crippen LogP contribution in [0.5, 0.6) is 0 Å². The molecule has 0 unspecified atom stereocenters. The van der Waals surface area contributed by atoms with Gasteiger partial charge in [0, 0.05) is 19.3 Å². The summed E-state index contributed by atoms with van der Waals surface area (Å²) in [5.74, 6) is -0.460. The Morgan fingerprint density at radius 2 is 2.00 bits per heavy atom. The van der Waals surface area contributed by atoms with Gasteiger partial charge in [-0.2, -0.15) is 10.2 Å². The minimum absolute atomic E-state index is 0.0612. The normalized spacial score (nSPS) is 11.9. The second-order valence-corrected chi connectivity index (χ2v) is 6.86. The van der Waals surface area contributed by atoms with Gasteiger partial charge >= 0.3 is 5.97 Å². The number of nitrogens with one attached hydrogen (secondary N) is 1. The molecule has 0 spiro atoms. The molecule has 0 amide bonds. The molecule has 146 valence electrons. The fraction of sp³-hybridized carbons (Fsp3) is 0.389. The van der Waals surface area contributed by atoms with Crippen molar-refractivity contribution >= 4 is 39.4 Å². The summed E-state index contributed by atoms with van der Waals surface area (Å²) in [5.41, 5.74) is 1.84. The highest BCUT2D eigenvalue weighted by atomic mass is 16.4. The summed E-state index contributed by atoms with van der Waals surface area (Å²) in [6, 6.07) is 0. The topological polar surface area (TPSA) is 113 Å². The number of aromatic nitrogens is 6. The zero-order chi connectivity index (χ0) is 19.8. The number of nitrogens with zero attached hydrogens (tertiary/aromatic N) is 7. The Hall–Kier alpha value is -3.27. The van der Waals surface area contributed by atoms with Crippen molar-refractivity contribution in [2.45, 2.75) is 19.9 Å². The molecule has 0 aromatic carbocycles. The molecule has 0 fully saturated rings. The Labute approximate surface area is 160 Å². The van der Waals surface area contributed by atoms with Gasteiger partial charge in [0.1, 0.15) is 11.4 Å². The lowest BCUT2D eigenvalue weighted by Gasteiger charge is -2.13. The van der Waals surface area contributed by atoms with Crippen molar-refractivity contribution in [3.63, 3.8) is 0 Å². The van der Waals surface area contributed by atoms with Crippen LogP contribution >= 0.6 is 0 Å². The number of aryl methyl sites for hydroxylation is 1. The third-order valence-electron chi connectivity index (χ3n) is 4.67. The van der Waals surface area contributed by atoms with Crippen LogP contribution in [0.4, 0.5) is 5.82 Å². The van der Waals surface area contributed by atoms with Gasteiger partial charge in [-0.1, -0.05) is 0 Å². The maximum atomic E-state index is 11.6. The number of aromatic carboxylic acids is 1. The number of hydrogen-bond acceptors (Lipinski definition) is 7. The van der Waals surface area contributed by atoms with E-state index < -0.39 is 5.97 Å². The Morgan fingerprint density at radius 3 is 2.71 bits per heavy atom. The van der Waals surface area contributed by atoms with Crippen molar-refractivity contribution in [1.82, 2.24) is 34.3 Å².